The fourth-order valence-electron chi connectivity index (χ4n) is 3.88. The number of hydrogen-bond acceptors (Lipinski definition) is 6. The number of hydrogen-bond donors (Lipinski definition) is 2. The minimum Gasteiger partial charge on any atom is -0.497 e. The molecule has 30 heavy (non-hydrogen) atoms. The second kappa shape index (κ2) is 6.69. The molecule has 3 aromatic rings. The first kappa shape index (κ1) is 18.9. The number of urea groups is 1. The van der Waals surface area contributed by atoms with E-state index in [4.69, 9.17) is 9.15 Å². The number of carbonyl (C=O) groups excluding carboxylic acids is 3. The molecule has 2 aliphatic rings. The monoisotopic (exact) mass is 518 g/mol. The van der Waals surface area contributed by atoms with Crippen molar-refractivity contribution in [2.75, 3.05) is 13.7 Å². The molecule has 1 aromatic carbocycles. The Labute approximate surface area is 183 Å². The molecule has 0 radical (unpaired) electrons. The van der Waals surface area contributed by atoms with E-state index in [1.807, 2.05) is 6.07 Å². The summed E-state index contributed by atoms with van der Waals surface area (Å²) >= 11 is 2.07. The number of aromatic nitrogens is 1. The maximum Gasteiger partial charge on any atom is 0.322 e. The summed E-state index contributed by atoms with van der Waals surface area (Å²) in [6.07, 6.45) is 1.60. The van der Waals surface area contributed by atoms with Gasteiger partial charge in [-0.25, -0.2) is 9.78 Å². The van der Waals surface area contributed by atoms with Gasteiger partial charge in [0.05, 0.1) is 19.0 Å². The number of nitrogens with zero attached hydrogens (tertiary/aromatic N) is 2. The lowest BCUT2D eigenvalue weighted by Gasteiger charge is -2.29. The number of benzene rings is 1. The molecule has 4 heterocycles. The third-order valence-corrected chi connectivity index (χ3v) is 6.24. The second-order valence-electron chi connectivity index (χ2n) is 7.12. The lowest BCUT2D eigenvalue weighted by molar-refractivity contribution is -0.125. The minimum atomic E-state index is -1.54. The molecular weight excluding hydrogens is 503 g/mol. The first-order chi connectivity index (χ1) is 14.4. The molecule has 0 unspecified atom stereocenters. The number of carbonyl (C=O) groups is 3. The minimum absolute atomic E-state index is 0.0791. The molecule has 0 saturated carbocycles. The number of fused-ring (bicyclic) bond motifs is 2. The molecular formula is C20H15IN4O5. The van der Waals surface area contributed by atoms with Gasteiger partial charge >= 0.3 is 6.03 Å². The van der Waals surface area contributed by atoms with Crippen LogP contribution in [0.2, 0.25) is 0 Å². The van der Waals surface area contributed by atoms with Crippen LogP contribution in [-0.2, 0) is 16.9 Å². The number of halogens is 1. The van der Waals surface area contributed by atoms with Crippen molar-refractivity contribution in [1.82, 2.24) is 20.5 Å². The van der Waals surface area contributed by atoms with Crippen molar-refractivity contribution >= 4 is 51.4 Å². The highest BCUT2D eigenvalue weighted by Crippen LogP contribution is 2.35. The number of imide groups is 1. The summed E-state index contributed by atoms with van der Waals surface area (Å²) < 4.78 is 11.8. The van der Waals surface area contributed by atoms with E-state index in [0.717, 1.165) is 10.9 Å². The lowest BCUT2D eigenvalue weighted by atomic mass is 9.95. The summed E-state index contributed by atoms with van der Waals surface area (Å²) in [7, 11) is 1.53. The van der Waals surface area contributed by atoms with E-state index in [9.17, 15) is 14.4 Å². The number of rotatable bonds is 4. The van der Waals surface area contributed by atoms with E-state index in [2.05, 4.69) is 38.2 Å². The van der Waals surface area contributed by atoms with E-state index in [1.165, 1.54) is 12.0 Å². The predicted octanol–water partition coefficient (Wildman–Crippen LogP) is 2.13. The van der Waals surface area contributed by atoms with Gasteiger partial charge < -0.3 is 19.4 Å². The molecule has 152 valence electrons. The maximum atomic E-state index is 13.0. The van der Waals surface area contributed by atoms with Gasteiger partial charge in [-0.15, -0.1) is 0 Å². The highest BCUT2D eigenvalue weighted by molar-refractivity contribution is 14.1. The molecule has 10 heteroatoms. The molecule has 4 amide bonds. The quantitative estimate of drug-likeness (QED) is 0.311. The number of furan rings is 1. The first-order valence-corrected chi connectivity index (χ1v) is 10.1. The topological polar surface area (TPSA) is 114 Å². The zero-order valence-corrected chi connectivity index (χ0v) is 17.8. The number of nitrogens with one attached hydrogen (secondary N) is 2. The Bertz CT molecular complexity index is 1240. The first-order valence-electron chi connectivity index (χ1n) is 9.05. The van der Waals surface area contributed by atoms with Crippen molar-refractivity contribution in [3.63, 3.8) is 0 Å². The third-order valence-electron chi connectivity index (χ3n) is 5.38. The van der Waals surface area contributed by atoms with Crippen LogP contribution in [0.15, 0.2) is 40.9 Å². The summed E-state index contributed by atoms with van der Waals surface area (Å²) in [4.78, 5) is 43.7. The van der Waals surface area contributed by atoms with Crippen LogP contribution in [0.4, 0.5) is 4.79 Å². The smallest absolute Gasteiger partial charge is 0.322 e. The number of methoxy groups -OCH3 is 1. The van der Waals surface area contributed by atoms with Crippen LogP contribution >= 0.6 is 22.6 Å². The van der Waals surface area contributed by atoms with Gasteiger partial charge in [0.1, 0.15) is 20.8 Å². The van der Waals surface area contributed by atoms with Crippen LogP contribution in [0.1, 0.15) is 21.7 Å². The van der Waals surface area contributed by atoms with E-state index < -0.39 is 17.5 Å². The lowest BCUT2D eigenvalue weighted by Crippen LogP contribution is -2.52. The van der Waals surface area contributed by atoms with Gasteiger partial charge in [-0.2, -0.15) is 0 Å². The molecule has 9 nitrogen and oxygen atoms in total. The fourth-order valence-corrected chi connectivity index (χ4v) is 4.46. The summed E-state index contributed by atoms with van der Waals surface area (Å²) in [6, 6.07) is 8.01. The van der Waals surface area contributed by atoms with Gasteiger partial charge in [0.25, 0.3) is 11.8 Å². The van der Waals surface area contributed by atoms with E-state index in [0.29, 0.717) is 27.1 Å². The Balaban J connectivity index is 1.56. The van der Waals surface area contributed by atoms with Crippen molar-refractivity contribution in [1.29, 1.82) is 0 Å². The van der Waals surface area contributed by atoms with E-state index >= 15 is 0 Å². The Morgan fingerprint density at radius 2 is 2.10 bits per heavy atom. The standard InChI is InChI=1S/C20H15IN4O5/c1-29-11-3-2-10-8-25(17(26)12(10)6-11)9-20(18(27)23-19(28)24-20)15-7-13-14(30-15)4-5-22-16(13)21/h2-7H,8-9H2,1H3,(H2,23,24,27,28)/t20-/m0/s1. The Morgan fingerprint density at radius 1 is 1.27 bits per heavy atom. The zero-order valence-electron chi connectivity index (χ0n) is 15.7. The van der Waals surface area contributed by atoms with E-state index in [-0.39, 0.29) is 18.2 Å². The van der Waals surface area contributed by atoms with Gasteiger partial charge in [0, 0.05) is 18.3 Å². The van der Waals surface area contributed by atoms with Gasteiger partial charge in [-0.3, -0.25) is 14.9 Å². The number of amides is 4. The molecule has 0 aliphatic carbocycles. The molecule has 1 fully saturated rings. The molecule has 2 aliphatic heterocycles. The number of pyridine rings is 1. The Hall–Kier alpha value is -3.15. The molecule has 5 rings (SSSR count). The molecule has 1 saturated heterocycles. The summed E-state index contributed by atoms with van der Waals surface area (Å²) in [5, 5.41) is 5.67. The summed E-state index contributed by atoms with van der Waals surface area (Å²) in [5.74, 6) is -0.00141. The van der Waals surface area contributed by atoms with Crippen LogP contribution in [0, 0.1) is 3.70 Å². The SMILES string of the molecule is COc1ccc2c(c1)C(=O)N(C[C@@]1(c3cc4c(I)nccc4o3)NC(=O)NC1=O)C2. The molecule has 0 spiro atoms. The molecule has 1 atom stereocenters. The molecule has 2 aromatic heterocycles. The van der Waals surface area contributed by atoms with Gasteiger partial charge in [0.2, 0.25) is 0 Å². The predicted molar refractivity (Wildman–Crippen MR) is 113 cm³/mol. The van der Waals surface area contributed by atoms with Gasteiger partial charge in [-0.1, -0.05) is 6.07 Å². The van der Waals surface area contributed by atoms with Crippen LogP contribution in [0.25, 0.3) is 11.0 Å². The summed E-state index contributed by atoms with van der Waals surface area (Å²) in [5.41, 5.74) is 0.334. The largest absolute Gasteiger partial charge is 0.497 e. The van der Waals surface area contributed by atoms with Crippen molar-refractivity contribution in [3.8, 4) is 5.75 Å². The van der Waals surface area contributed by atoms with E-state index in [1.54, 1.807) is 30.5 Å². The number of ether oxygens (including phenoxy) is 1. The van der Waals surface area contributed by atoms with Crippen LogP contribution in [-0.4, -0.2) is 41.4 Å². The summed E-state index contributed by atoms with van der Waals surface area (Å²) in [6.45, 7) is 0.229. The van der Waals surface area contributed by atoms with Gasteiger partial charge in [0.15, 0.2) is 5.54 Å². The second-order valence-corrected chi connectivity index (χ2v) is 8.14. The average Bonchev–Trinajstić information content (AvgIpc) is 3.38. The Kier molecular flexibility index (Phi) is 4.20. The van der Waals surface area contributed by atoms with Crippen LogP contribution in [0.3, 0.4) is 0 Å². The molecule has 2 N–H and O–H groups in total. The maximum absolute atomic E-state index is 13.0. The highest BCUT2D eigenvalue weighted by atomic mass is 127. The van der Waals surface area contributed by atoms with Crippen LogP contribution < -0.4 is 15.4 Å². The average molecular weight is 518 g/mol. The normalized spacial score (nSPS) is 20.5. The molecule has 0 bridgehead atoms. The Morgan fingerprint density at radius 3 is 2.80 bits per heavy atom. The van der Waals surface area contributed by atoms with Crippen molar-refractivity contribution < 1.29 is 23.5 Å². The highest BCUT2D eigenvalue weighted by Gasteiger charge is 2.53. The van der Waals surface area contributed by atoms with Crippen molar-refractivity contribution in [3.05, 3.63) is 57.1 Å². The van der Waals surface area contributed by atoms with Gasteiger partial charge in [-0.05, 0) is 52.4 Å². The van der Waals surface area contributed by atoms with Crippen LogP contribution in [0.5, 0.6) is 5.75 Å². The zero-order chi connectivity index (χ0) is 21.0. The fraction of sp³-hybridized carbons (Fsp3) is 0.200. The van der Waals surface area contributed by atoms with Crippen molar-refractivity contribution in [2.24, 2.45) is 0 Å². The third kappa shape index (κ3) is 2.74. The van der Waals surface area contributed by atoms with Crippen molar-refractivity contribution in [2.45, 2.75) is 12.1 Å².